The first-order valence-corrected chi connectivity index (χ1v) is 30.8. The van der Waals surface area contributed by atoms with Crippen LogP contribution in [0.3, 0.4) is 0 Å². The van der Waals surface area contributed by atoms with Crippen LogP contribution >= 0.6 is 0 Å². The van der Waals surface area contributed by atoms with Crippen molar-refractivity contribution >= 4 is 17.9 Å². The van der Waals surface area contributed by atoms with Crippen LogP contribution in [0.25, 0.3) is 0 Å². The number of hydrogen-bond donors (Lipinski definition) is 0. The number of unbranched alkanes of at least 4 members (excludes halogenated alkanes) is 35. The first-order valence-electron chi connectivity index (χ1n) is 30.8. The van der Waals surface area contributed by atoms with E-state index in [1.165, 1.54) is 186 Å². The Morgan fingerprint density at radius 3 is 0.817 bits per heavy atom. The summed E-state index contributed by atoms with van der Waals surface area (Å²) in [6, 6.07) is 0. The zero-order valence-electron chi connectivity index (χ0n) is 47.2. The normalized spacial score (nSPS) is 12.4. The van der Waals surface area contributed by atoms with Crippen molar-refractivity contribution in [2.45, 2.75) is 322 Å². The lowest BCUT2D eigenvalue weighted by atomic mass is 10.0. The summed E-state index contributed by atoms with van der Waals surface area (Å²) in [7, 11) is 0. The number of carbonyl (C=O) groups excluding carboxylic acids is 3. The lowest BCUT2D eigenvalue weighted by Gasteiger charge is -2.18. The lowest BCUT2D eigenvalue weighted by Crippen LogP contribution is -2.30. The second-order valence-electron chi connectivity index (χ2n) is 20.6. The fraction of sp³-hybridized carbons (Fsp3) is 0.800. The van der Waals surface area contributed by atoms with Gasteiger partial charge in [0.15, 0.2) is 6.10 Å². The quantitative estimate of drug-likeness (QED) is 0.0261. The molecule has 0 aromatic heterocycles. The molecule has 0 fully saturated rings. The van der Waals surface area contributed by atoms with Gasteiger partial charge in [-0.1, -0.05) is 268 Å². The van der Waals surface area contributed by atoms with Crippen molar-refractivity contribution < 1.29 is 28.6 Å². The van der Waals surface area contributed by atoms with Crippen LogP contribution in [0, 0.1) is 0 Å². The molecule has 0 bridgehead atoms. The van der Waals surface area contributed by atoms with Crippen molar-refractivity contribution in [1.29, 1.82) is 0 Å². The van der Waals surface area contributed by atoms with Crippen LogP contribution in [-0.2, 0) is 28.6 Å². The molecule has 0 unspecified atom stereocenters. The van der Waals surface area contributed by atoms with Gasteiger partial charge in [-0.25, -0.2) is 0 Å². The maximum atomic E-state index is 12.9. The molecule has 0 aromatic rings. The molecule has 1 atom stereocenters. The SMILES string of the molecule is CCCCC/C=C\C/C=C\C/C=C\CCCCCCC(=O)OC[C@@H](COC(=O)CCCCCCCCCCC/C=C\C/C=C\CCCCC)OC(=O)CCCCCCCCCCCCCCCCCCC. The smallest absolute Gasteiger partial charge is 0.306 e. The van der Waals surface area contributed by atoms with E-state index < -0.39 is 6.10 Å². The average molecular weight is 994 g/mol. The fourth-order valence-electron chi connectivity index (χ4n) is 8.83. The van der Waals surface area contributed by atoms with Crippen molar-refractivity contribution in [1.82, 2.24) is 0 Å². The lowest BCUT2D eigenvalue weighted by molar-refractivity contribution is -0.167. The van der Waals surface area contributed by atoms with Crippen LogP contribution in [0.2, 0.25) is 0 Å². The highest BCUT2D eigenvalue weighted by molar-refractivity contribution is 5.71. The minimum Gasteiger partial charge on any atom is -0.462 e. The van der Waals surface area contributed by atoms with Crippen molar-refractivity contribution in [3.8, 4) is 0 Å². The summed E-state index contributed by atoms with van der Waals surface area (Å²) in [5.74, 6) is -0.890. The van der Waals surface area contributed by atoms with Gasteiger partial charge in [-0.3, -0.25) is 14.4 Å². The zero-order valence-corrected chi connectivity index (χ0v) is 47.2. The van der Waals surface area contributed by atoms with E-state index in [-0.39, 0.29) is 31.1 Å². The van der Waals surface area contributed by atoms with Gasteiger partial charge in [-0.2, -0.15) is 0 Å². The van der Waals surface area contributed by atoms with E-state index in [1.54, 1.807) is 0 Å². The molecule has 0 radical (unpaired) electrons. The van der Waals surface area contributed by atoms with Crippen molar-refractivity contribution in [2.24, 2.45) is 0 Å². The second kappa shape index (κ2) is 59.7. The van der Waals surface area contributed by atoms with Crippen LogP contribution in [0.15, 0.2) is 60.8 Å². The van der Waals surface area contributed by atoms with Crippen molar-refractivity contribution in [2.75, 3.05) is 13.2 Å². The minimum absolute atomic E-state index is 0.0810. The highest BCUT2D eigenvalue weighted by atomic mass is 16.6. The predicted octanol–water partition coefficient (Wildman–Crippen LogP) is 20.8. The Morgan fingerprint density at radius 2 is 0.507 bits per heavy atom. The molecule has 0 aliphatic heterocycles. The third-order valence-corrected chi connectivity index (χ3v) is 13.5. The highest BCUT2D eigenvalue weighted by Crippen LogP contribution is 2.16. The van der Waals surface area contributed by atoms with Gasteiger partial charge in [-0.15, -0.1) is 0 Å². The molecular weight excluding hydrogens is 877 g/mol. The fourth-order valence-corrected chi connectivity index (χ4v) is 8.83. The summed E-state index contributed by atoms with van der Waals surface area (Å²) >= 11 is 0. The second-order valence-corrected chi connectivity index (χ2v) is 20.6. The molecule has 0 saturated heterocycles. The molecule has 0 N–H and O–H groups in total. The first kappa shape index (κ1) is 68.1. The Kier molecular flexibility index (Phi) is 57.2. The van der Waals surface area contributed by atoms with Gasteiger partial charge < -0.3 is 14.2 Å². The van der Waals surface area contributed by atoms with Crippen molar-refractivity contribution in [3.05, 3.63) is 60.8 Å². The van der Waals surface area contributed by atoms with Crippen LogP contribution in [0.4, 0.5) is 0 Å². The van der Waals surface area contributed by atoms with Crippen LogP contribution in [0.5, 0.6) is 0 Å². The third-order valence-electron chi connectivity index (χ3n) is 13.5. The number of ether oxygens (including phenoxy) is 3. The summed E-state index contributed by atoms with van der Waals surface area (Å²) < 4.78 is 16.9. The number of rotatable bonds is 56. The van der Waals surface area contributed by atoms with E-state index in [1.807, 2.05) is 0 Å². The molecule has 0 saturated carbocycles. The standard InChI is InChI=1S/C65H116O6/c1-4-7-10-13-16-19-22-25-28-31-32-35-37-40-43-46-49-52-55-58-64(67)70-61-62(71-65(68)59-56-53-50-47-44-41-38-34-30-27-24-21-18-15-12-9-6-3)60-69-63(66)57-54-51-48-45-42-39-36-33-29-26-23-20-17-14-11-8-5-2/h16-17,19-20,25-26,28-29,36,39,62H,4-15,18,21-24,27,30-35,37-38,40-61H2,1-3H3/b19-16-,20-17-,28-25-,29-26-,39-36-/t62-/m0/s1. The summed E-state index contributed by atoms with van der Waals surface area (Å²) in [5.41, 5.74) is 0. The summed E-state index contributed by atoms with van der Waals surface area (Å²) in [6.07, 6.45) is 74.9. The maximum absolute atomic E-state index is 12.9. The maximum Gasteiger partial charge on any atom is 0.306 e. The third kappa shape index (κ3) is 57.9. The highest BCUT2D eigenvalue weighted by Gasteiger charge is 2.19. The summed E-state index contributed by atoms with van der Waals surface area (Å²) in [4.78, 5) is 38.3. The number of esters is 3. The van der Waals surface area contributed by atoms with E-state index in [2.05, 4.69) is 81.5 Å². The molecule has 0 aliphatic carbocycles. The first-order chi connectivity index (χ1) is 35.0. The molecule has 6 nitrogen and oxygen atoms in total. The van der Waals surface area contributed by atoms with E-state index in [4.69, 9.17) is 14.2 Å². The van der Waals surface area contributed by atoms with E-state index in [0.29, 0.717) is 19.3 Å². The Labute approximate surface area is 440 Å². The van der Waals surface area contributed by atoms with Gasteiger partial charge in [-0.05, 0) is 89.9 Å². The van der Waals surface area contributed by atoms with E-state index >= 15 is 0 Å². The van der Waals surface area contributed by atoms with Crippen LogP contribution in [-0.4, -0.2) is 37.2 Å². The van der Waals surface area contributed by atoms with Gasteiger partial charge in [0.05, 0.1) is 0 Å². The molecule has 6 heteroatoms. The topological polar surface area (TPSA) is 78.9 Å². The number of carbonyl (C=O) groups is 3. The van der Waals surface area contributed by atoms with Gasteiger partial charge in [0.25, 0.3) is 0 Å². The van der Waals surface area contributed by atoms with Gasteiger partial charge >= 0.3 is 17.9 Å². The Morgan fingerprint density at radius 1 is 0.282 bits per heavy atom. The van der Waals surface area contributed by atoms with Gasteiger partial charge in [0, 0.05) is 19.3 Å². The average Bonchev–Trinajstić information content (AvgIpc) is 3.37. The molecule has 0 aliphatic rings. The summed E-state index contributed by atoms with van der Waals surface area (Å²) in [5, 5.41) is 0. The Balaban J connectivity index is 4.39. The molecule has 0 aromatic carbocycles. The Hall–Kier alpha value is -2.89. The van der Waals surface area contributed by atoms with Gasteiger partial charge in [0.2, 0.25) is 0 Å². The number of allylic oxidation sites excluding steroid dienone is 10. The molecular formula is C65H116O6. The van der Waals surface area contributed by atoms with Crippen LogP contribution in [0.1, 0.15) is 316 Å². The monoisotopic (exact) mass is 993 g/mol. The molecule has 0 heterocycles. The minimum atomic E-state index is -0.784. The molecule has 0 spiro atoms. The molecule has 0 amide bonds. The zero-order chi connectivity index (χ0) is 51.4. The molecule has 412 valence electrons. The van der Waals surface area contributed by atoms with Crippen LogP contribution < -0.4 is 0 Å². The van der Waals surface area contributed by atoms with Gasteiger partial charge in [0.1, 0.15) is 13.2 Å². The largest absolute Gasteiger partial charge is 0.462 e. The van der Waals surface area contributed by atoms with Crippen molar-refractivity contribution in [3.63, 3.8) is 0 Å². The number of hydrogen-bond acceptors (Lipinski definition) is 6. The molecule has 0 rings (SSSR count). The summed E-state index contributed by atoms with van der Waals surface area (Å²) in [6.45, 7) is 6.61. The molecule has 71 heavy (non-hydrogen) atoms. The predicted molar refractivity (Wildman–Crippen MR) is 307 cm³/mol. The van der Waals surface area contributed by atoms with E-state index in [0.717, 1.165) is 89.9 Å². The van der Waals surface area contributed by atoms with E-state index in [9.17, 15) is 14.4 Å². The Bertz CT molecular complexity index is 1280.